The van der Waals surface area contributed by atoms with E-state index in [2.05, 4.69) is 4.98 Å². The molecule has 2 amide bonds. The number of halogens is 1. The second-order valence-electron chi connectivity index (χ2n) is 8.00. The number of anilines is 3. The molecule has 4 rings (SSSR count). The van der Waals surface area contributed by atoms with E-state index in [4.69, 9.17) is 17.3 Å². The minimum absolute atomic E-state index is 0.0258. The summed E-state index contributed by atoms with van der Waals surface area (Å²) in [6, 6.07) is 16.1. The van der Waals surface area contributed by atoms with E-state index < -0.39 is 23.1 Å². The molecule has 34 heavy (non-hydrogen) atoms. The van der Waals surface area contributed by atoms with E-state index in [1.807, 2.05) is 30.3 Å². The fourth-order valence-electron chi connectivity index (χ4n) is 4.18. The normalized spacial score (nSPS) is 15.5. The molecule has 0 saturated carbocycles. The number of hydrogen-bond donors (Lipinski definition) is 2. The molecule has 1 atom stereocenters. The van der Waals surface area contributed by atoms with Gasteiger partial charge in [-0.2, -0.15) is 0 Å². The highest BCUT2D eigenvalue weighted by atomic mass is 35.5. The van der Waals surface area contributed by atoms with E-state index in [0.717, 1.165) is 5.56 Å². The first-order valence-corrected chi connectivity index (χ1v) is 11.2. The molecule has 0 bridgehead atoms. The maximum Gasteiger partial charge on any atom is 0.330 e. The summed E-state index contributed by atoms with van der Waals surface area (Å²) in [5.74, 6) is -1.47. The Kier molecular flexibility index (Phi) is 6.56. The molecule has 0 spiro atoms. The van der Waals surface area contributed by atoms with Crippen LogP contribution in [-0.4, -0.2) is 34.5 Å². The van der Waals surface area contributed by atoms with Crippen LogP contribution in [0.4, 0.5) is 17.2 Å². The molecule has 1 saturated heterocycles. The quantitative estimate of drug-likeness (QED) is 0.559. The Hall–Kier alpha value is -3.85. The molecule has 9 nitrogen and oxygen atoms in total. The van der Waals surface area contributed by atoms with Crippen LogP contribution in [0.1, 0.15) is 18.9 Å². The number of rotatable bonds is 6. The van der Waals surface area contributed by atoms with Gasteiger partial charge in [-0.05, 0) is 24.6 Å². The number of carbonyl (C=O) groups is 2. The van der Waals surface area contributed by atoms with E-state index in [0.29, 0.717) is 10.7 Å². The molecule has 1 aliphatic heterocycles. The zero-order chi connectivity index (χ0) is 24.4. The Balaban J connectivity index is 1.66. The van der Waals surface area contributed by atoms with Gasteiger partial charge in [0.15, 0.2) is 5.69 Å². The van der Waals surface area contributed by atoms with Crippen LogP contribution in [0.5, 0.6) is 0 Å². The molecule has 1 aromatic heterocycles. The van der Waals surface area contributed by atoms with E-state index in [9.17, 15) is 19.2 Å². The van der Waals surface area contributed by atoms with Crippen LogP contribution in [0.3, 0.4) is 0 Å². The highest BCUT2D eigenvalue weighted by Crippen LogP contribution is 2.32. The molecule has 1 aliphatic rings. The van der Waals surface area contributed by atoms with Gasteiger partial charge in [0.1, 0.15) is 5.82 Å². The Morgan fingerprint density at radius 3 is 2.47 bits per heavy atom. The van der Waals surface area contributed by atoms with E-state index in [-0.39, 0.29) is 43.5 Å². The minimum Gasteiger partial charge on any atom is -0.383 e. The summed E-state index contributed by atoms with van der Waals surface area (Å²) in [7, 11) is 0. The molecule has 3 aromatic rings. The van der Waals surface area contributed by atoms with Gasteiger partial charge < -0.3 is 15.5 Å². The molecule has 2 heterocycles. The summed E-state index contributed by atoms with van der Waals surface area (Å²) < 4.78 is 1.22. The predicted octanol–water partition coefficient (Wildman–Crippen LogP) is 2.23. The molecule has 10 heteroatoms. The summed E-state index contributed by atoms with van der Waals surface area (Å²) in [4.78, 5) is 56.4. The van der Waals surface area contributed by atoms with Crippen LogP contribution >= 0.6 is 11.6 Å². The molecule has 1 fully saturated rings. The number of hydrogen-bond acceptors (Lipinski definition) is 5. The van der Waals surface area contributed by atoms with Gasteiger partial charge in [0.25, 0.3) is 5.56 Å². The number of amides is 2. The van der Waals surface area contributed by atoms with Crippen LogP contribution in [0.25, 0.3) is 0 Å². The fourth-order valence-corrected chi connectivity index (χ4v) is 4.42. The maximum absolute atomic E-state index is 13.5. The number of nitrogens with zero attached hydrogens (tertiary/aromatic N) is 3. The molecular formula is C24H24ClN5O4. The monoisotopic (exact) mass is 481 g/mol. The zero-order valence-corrected chi connectivity index (χ0v) is 19.3. The lowest BCUT2D eigenvalue weighted by molar-refractivity contribution is -0.124. The summed E-state index contributed by atoms with van der Waals surface area (Å²) in [6.45, 7) is 2.08. The third kappa shape index (κ3) is 4.34. The van der Waals surface area contributed by atoms with Gasteiger partial charge in [0.2, 0.25) is 11.8 Å². The molecular weight excluding hydrogens is 458 g/mol. The SMILES string of the molecule is CCN(C(=O)[C@@H]1CC(=O)N(c2ccccc2Cl)C1)c1c(N)n(Cc2ccccc2)c(=O)[nH]c1=O. The Morgan fingerprint density at radius 2 is 1.79 bits per heavy atom. The van der Waals surface area contributed by atoms with E-state index in [1.165, 1.54) is 14.4 Å². The van der Waals surface area contributed by atoms with Crippen molar-refractivity contribution in [3.63, 3.8) is 0 Å². The van der Waals surface area contributed by atoms with Gasteiger partial charge in [0, 0.05) is 19.5 Å². The van der Waals surface area contributed by atoms with Crippen molar-refractivity contribution < 1.29 is 9.59 Å². The molecule has 0 radical (unpaired) electrons. The molecule has 0 unspecified atom stereocenters. The van der Waals surface area contributed by atoms with Gasteiger partial charge >= 0.3 is 5.69 Å². The summed E-state index contributed by atoms with van der Waals surface area (Å²) in [6.07, 6.45) is -0.0258. The second kappa shape index (κ2) is 9.56. The molecule has 0 aliphatic carbocycles. The number of aromatic nitrogens is 2. The van der Waals surface area contributed by atoms with Crippen molar-refractivity contribution in [1.82, 2.24) is 9.55 Å². The van der Waals surface area contributed by atoms with Crippen LogP contribution in [-0.2, 0) is 16.1 Å². The number of nitrogen functional groups attached to an aromatic ring is 1. The van der Waals surface area contributed by atoms with Gasteiger partial charge in [-0.25, -0.2) is 4.79 Å². The molecule has 3 N–H and O–H groups in total. The molecule has 2 aromatic carbocycles. The van der Waals surface area contributed by atoms with Crippen LogP contribution in [0, 0.1) is 5.92 Å². The summed E-state index contributed by atoms with van der Waals surface area (Å²) in [5, 5.41) is 0.407. The predicted molar refractivity (Wildman–Crippen MR) is 131 cm³/mol. The van der Waals surface area contributed by atoms with Crippen molar-refractivity contribution in [2.45, 2.75) is 19.9 Å². The summed E-state index contributed by atoms with van der Waals surface area (Å²) >= 11 is 6.24. The Bertz CT molecular complexity index is 1350. The molecule has 176 valence electrons. The van der Waals surface area contributed by atoms with Crippen molar-refractivity contribution in [3.8, 4) is 0 Å². The van der Waals surface area contributed by atoms with E-state index >= 15 is 0 Å². The average Bonchev–Trinajstić information content (AvgIpc) is 3.21. The lowest BCUT2D eigenvalue weighted by Crippen LogP contribution is -2.44. The van der Waals surface area contributed by atoms with Crippen LogP contribution in [0.15, 0.2) is 64.2 Å². The van der Waals surface area contributed by atoms with Crippen molar-refractivity contribution in [2.75, 3.05) is 28.6 Å². The standard InChI is InChI=1S/C24H24ClN5O4/c1-2-28(23(33)16-12-19(31)29(14-16)18-11-7-6-10-17(18)25)20-21(26)30(24(34)27-22(20)32)13-15-8-4-3-5-9-15/h3-11,16H,2,12-14,26H2,1H3,(H,27,32,34)/t16-/m1/s1. The average molecular weight is 482 g/mol. The topological polar surface area (TPSA) is 121 Å². The second-order valence-corrected chi connectivity index (χ2v) is 8.41. The third-order valence-electron chi connectivity index (χ3n) is 5.87. The van der Waals surface area contributed by atoms with Gasteiger partial charge in [-0.3, -0.25) is 23.9 Å². The number of para-hydroxylation sites is 1. The number of carbonyl (C=O) groups excluding carboxylic acids is 2. The van der Waals surface area contributed by atoms with E-state index in [1.54, 1.807) is 31.2 Å². The Morgan fingerprint density at radius 1 is 1.12 bits per heavy atom. The minimum atomic E-state index is -0.755. The number of aromatic amines is 1. The first-order valence-electron chi connectivity index (χ1n) is 10.8. The first kappa shape index (κ1) is 23.3. The number of nitrogens with two attached hydrogens (primary N) is 1. The van der Waals surface area contributed by atoms with Crippen molar-refractivity contribution in [3.05, 3.63) is 86.0 Å². The van der Waals surface area contributed by atoms with Crippen molar-refractivity contribution >= 4 is 40.6 Å². The maximum atomic E-state index is 13.5. The number of nitrogens with one attached hydrogen (secondary N) is 1. The highest BCUT2D eigenvalue weighted by Gasteiger charge is 2.39. The van der Waals surface area contributed by atoms with Gasteiger partial charge in [-0.1, -0.05) is 54.1 Å². The number of benzene rings is 2. The van der Waals surface area contributed by atoms with Crippen molar-refractivity contribution in [1.29, 1.82) is 0 Å². The van der Waals surface area contributed by atoms with Gasteiger partial charge in [-0.15, -0.1) is 0 Å². The zero-order valence-electron chi connectivity index (χ0n) is 18.5. The number of H-pyrrole nitrogens is 1. The van der Waals surface area contributed by atoms with Crippen LogP contribution < -0.4 is 26.8 Å². The summed E-state index contributed by atoms with van der Waals surface area (Å²) in [5.41, 5.74) is 6.07. The third-order valence-corrected chi connectivity index (χ3v) is 6.19. The highest BCUT2D eigenvalue weighted by molar-refractivity contribution is 6.34. The first-order chi connectivity index (χ1) is 16.3. The lowest BCUT2D eigenvalue weighted by atomic mass is 10.1. The fraction of sp³-hybridized carbons (Fsp3) is 0.250. The largest absolute Gasteiger partial charge is 0.383 e. The Labute approximate surface area is 200 Å². The van der Waals surface area contributed by atoms with Crippen LogP contribution in [0.2, 0.25) is 5.02 Å². The van der Waals surface area contributed by atoms with Gasteiger partial charge in [0.05, 0.1) is 23.2 Å². The van der Waals surface area contributed by atoms with Crippen molar-refractivity contribution in [2.24, 2.45) is 5.92 Å². The lowest BCUT2D eigenvalue weighted by Gasteiger charge is -2.26. The smallest absolute Gasteiger partial charge is 0.330 e.